The van der Waals surface area contributed by atoms with Crippen molar-refractivity contribution in [1.29, 1.82) is 0 Å². The van der Waals surface area contributed by atoms with Crippen LogP contribution in [0.25, 0.3) is 11.1 Å². The minimum atomic E-state index is -2.85. The average molecular weight is 280 g/mol. The molecule has 1 aromatic heterocycles. The number of fused-ring (bicyclic) bond motifs is 1. The van der Waals surface area contributed by atoms with Crippen molar-refractivity contribution in [2.24, 2.45) is 0 Å². The number of benzene rings is 1. The van der Waals surface area contributed by atoms with Gasteiger partial charge in [0.1, 0.15) is 5.52 Å². The fourth-order valence-electron chi connectivity index (χ4n) is 2.45. The molecule has 1 saturated heterocycles. The summed E-state index contributed by atoms with van der Waals surface area (Å²) >= 11 is 0. The van der Waals surface area contributed by atoms with E-state index in [-0.39, 0.29) is 17.5 Å². The summed E-state index contributed by atoms with van der Waals surface area (Å²) in [6.07, 6.45) is 0.694. The van der Waals surface area contributed by atoms with Gasteiger partial charge in [0.05, 0.1) is 18.1 Å². The molecular weight excluding hydrogens is 264 g/mol. The van der Waals surface area contributed by atoms with Crippen LogP contribution in [0.4, 0.5) is 0 Å². The molecule has 19 heavy (non-hydrogen) atoms. The van der Waals surface area contributed by atoms with Gasteiger partial charge in [-0.1, -0.05) is 12.1 Å². The van der Waals surface area contributed by atoms with E-state index in [0.717, 1.165) is 11.1 Å². The third-order valence-corrected chi connectivity index (χ3v) is 5.30. The van der Waals surface area contributed by atoms with Crippen molar-refractivity contribution in [2.75, 3.05) is 18.6 Å². The third kappa shape index (κ3) is 2.64. The second-order valence-electron chi connectivity index (χ2n) is 5.05. The minimum Gasteiger partial charge on any atom is -0.439 e. The van der Waals surface area contributed by atoms with Crippen LogP contribution in [0.1, 0.15) is 12.3 Å². The Morgan fingerprint density at radius 1 is 1.42 bits per heavy atom. The lowest BCUT2D eigenvalue weighted by molar-refractivity contribution is 0.231. The molecule has 2 heterocycles. The van der Waals surface area contributed by atoms with Gasteiger partial charge >= 0.3 is 0 Å². The molecule has 0 bridgehead atoms. The molecule has 0 N–H and O–H groups in total. The van der Waals surface area contributed by atoms with Crippen LogP contribution in [0.2, 0.25) is 0 Å². The Hall–Kier alpha value is -1.40. The van der Waals surface area contributed by atoms with Gasteiger partial charge in [0.2, 0.25) is 5.89 Å². The van der Waals surface area contributed by atoms with Gasteiger partial charge in [0.25, 0.3) is 0 Å². The summed E-state index contributed by atoms with van der Waals surface area (Å²) in [7, 11) is -0.933. The standard InChI is InChI=1S/C13H16N2O3S/c1-15(10-6-7-19(16,17)9-10)8-13-14-11-4-2-3-5-12(11)18-13/h2-5,10H,6-9H2,1H3/t10-/m1/s1. The number of para-hydroxylation sites is 2. The van der Waals surface area contributed by atoms with E-state index in [1.807, 2.05) is 36.2 Å². The van der Waals surface area contributed by atoms with Crippen LogP contribution >= 0.6 is 0 Å². The molecule has 1 atom stereocenters. The molecule has 2 aromatic rings. The lowest BCUT2D eigenvalue weighted by Gasteiger charge is -2.20. The quantitative estimate of drug-likeness (QED) is 0.851. The first kappa shape index (κ1) is 12.6. The predicted octanol–water partition coefficient (Wildman–Crippen LogP) is 1.45. The van der Waals surface area contributed by atoms with E-state index in [2.05, 4.69) is 4.98 Å². The van der Waals surface area contributed by atoms with Crippen LogP contribution in [0, 0.1) is 0 Å². The molecule has 1 aromatic carbocycles. The molecule has 6 heteroatoms. The van der Waals surface area contributed by atoms with E-state index in [9.17, 15) is 8.42 Å². The lowest BCUT2D eigenvalue weighted by atomic mass is 10.2. The molecule has 3 rings (SSSR count). The van der Waals surface area contributed by atoms with E-state index in [1.54, 1.807) is 0 Å². The van der Waals surface area contributed by atoms with Crippen LogP contribution in [0.5, 0.6) is 0 Å². The summed E-state index contributed by atoms with van der Waals surface area (Å²) in [5.74, 6) is 1.16. The summed E-state index contributed by atoms with van der Waals surface area (Å²) in [5, 5.41) is 0. The molecule has 0 radical (unpaired) electrons. The molecule has 0 saturated carbocycles. The maximum absolute atomic E-state index is 11.5. The maximum atomic E-state index is 11.5. The lowest BCUT2D eigenvalue weighted by Crippen LogP contribution is -2.32. The topological polar surface area (TPSA) is 63.4 Å². The number of oxazole rings is 1. The second-order valence-corrected chi connectivity index (χ2v) is 7.28. The molecule has 102 valence electrons. The van der Waals surface area contributed by atoms with E-state index >= 15 is 0 Å². The number of aromatic nitrogens is 1. The Morgan fingerprint density at radius 3 is 2.89 bits per heavy atom. The first-order valence-corrected chi connectivity index (χ1v) is 8.11. The Labute approximate surface area is 112 Å². The van der Waals surface area contributed by atoms with E-state index in [1.165, 1.54) is 0 Å². The van der Waals surface area contributed by atoms with Gasteiger partial charge in [0, 0.05) is 6.04 Å². The van der Waals surface area contributed by atoms with Gasteiger partial charge in [0.15, 0.2) is 15.4 Å². The van der Waals surface area contributed by atoms with Crippen molar-refractivity contribution in [2.45, 2.75) is 19.0 Å². The first-order valence-electron chi connectivity index (χ1n) is 6.29. The molecule has 1 aliphatic rings. The normalized spacial score (nSPS) is 22.3. The van der Waals surface area contributed by atoms with E-state index in [0.29, 0.717) is 18.9 Å². The smallest absolute Gasteiger partial charge is 0.209 e. The van der Waals surface area contributed by atoms with Gasteiger partial charge in [-0.25, -0.2) is 13.4 Å². The Morgan fingerprint density at radius 2 is 2.21 bits per heavy atom. The van der Waals surface area contributed by atoms with Crippen molar-refractivity contribution >= 4 is 20.9 Å². The van der Waals surface area contributed by atoms with Crippen LogP contribution < -0.4 is 0 Å². The molecule has 1 aliphatic heterocycles. The largest absolute Gasteiger partial charge is 0.439 e. The number of rotatable bonds is 3. The number of nitrogens with zero attached hydrogens (tertiary/aromatic N) is 2. The summed E-state index contributed by atoms with van der Waals surface area (Å²) < 4.78 is 28.6. The van der Waals surface area contributed by atoms with Crippen molar-refractivity contribution in [3.8, 4) is 0 Å². The number of hydrogen-bond acceptors (Lipinski definition) is 5. The van der Waals surface area contributed by atoms with Crippen molar-refractivity contribution < 1.29 is 12.8 Å². The monoisotopic (exact) mass is 280 g/mol. The molecule has 0 amide bonds. The van der Waals surface area contributed by atoms with E-state index in [4.69, 9.17) is 4.42 Å². The maximum Gasteiger partial charge on any atom is 0.209 e. The average Bonchev–Trinajstić information content (AvgIpc) is 2.91. The highest BCUT2D eigenvalue weighted by molar-refractivity contribution is 7.91. The summed E-state index contributed by atoms with van der Waals surface area (Å²) in [6, 6.07) is 7.68. The second kappa shape index (κ2) is 4.61. The number of sulfone groups is 1. The predicted molar refractivity (Wildman–Crippen MR) is 72.5 cm³/mol. The van der Waals surface area contributed by atoms with Gasteiger partial charge < -0.3 is 4.42 Å². The first-order chi connectivity index (χ1) is 9.03. The van der Waals surface area contributed by atoms with Crippen molar-refractivity contribution in [3.63, 3.8) is 0 Å². The molecule has 0 unspecified atom stereocenters. The van der Waals surface area contributed by atoms with Gasteiger partial charge in [-0.15, -0.1) is 0 Å². The Balaban J connectivity index is 1.74. The molecule has 5 nitrogen and oxygen atoms in total. The molecule has 0 aliphatic carbocycles. The zero-order valence-electron chi connectivity index (χ0n) is 10.7. The fourth-order valence-corrected chi connectivity index (χ4v) is 4.26. The molecule has 1 fully saturated rings. The summed E-state index contributed by atoms with van der Waals surface area (Å²) in [6.45, 7) is 0.537. The SMILES string of the molecule is CN(Cc1nc2ccccc2o1)[C@@H]1CCS(=O)(=O)C1. The van der Waals surface area contributed by atoms with Crippen molar-refractivity contribution in [1.82, 2.24) is 9.88 Å². The number of hydrogen-bond donors (Lipinski definition) is 0. The third-order valence-electron chi connectivity index (χ3n) is 3.55. The van der Waals surface area contributed by atoms with Gasteiger partial charge in [-0.05, 0) is 25.6 Å². The Bertz CT molecular complexity index is 660. The van der Waals surface area contributed by atoms with Gasteiger partial charge in [-0.2, -0.15) is 0 Å². The summed E-state index contributed by atoms with van der Waals surface area (Å²) in [5.41, 5.74) is 1.61. The van der Waals surface area contributed by atoms with E-state index < -0.39 is 9.84 Å². The van der Waals surface area contributed by atoms with Crippen LogP contribution in [0.15, 0.2) is 28.7 Å². The van der Waals surface area contributed by atoms with Crippen LogP contribution in [-0.4, -0.2) is 42.9 Å². The van der Waals surface area contributed by atoms with Gasteiger partial charge in [-0.3, -0.25) is 4.90 Å². The van der Waals surface area contributed by atoms with Crippen molar-refractivity contribution in [3.05, 3.63) is 30.2 Å². The van der Waals surface area contributed by atoms with Crippen LogP contribution in [-0.2, 0) is 16.4 Å². The van der Waals surface area contributed by atoms with Crippen LogP contribution in [0.3, 0.4) is 0 Å². The minimum absolute atomic E-state index is 0.0695. The highest BCUT2D eigenvalue weighted by atomic mass is 32.2. The Kier molecular flexibility index (Phi) is 3.06. The molecular formula is C13H16N2O3S. The fraction of sp³-hybridized carbons (Fsp3) is 0.462. The molecule has 0 spiro atoms. The summed E-state index contributed by atoms with van der Waals surface area (Å²) in [4.78, 5) is 6.41. The zero-order valence-corrected chi connectivity index (χ0v) is 11.6. The highest BCUT2D eigenvalue weighted by Gasteiger charge is 2.31. The highest BCUT2D eigenvalue weighted by Crippen LogP contribution is 2.20. The zero-order chi connectivity index (χ0) is 13.5.